The number of likely N-dealkylation sites (tertiary alicyclic amines) is 1. The van der Waals surface area contributed by atoms with Crippen LogP contribution >= 0.6 is 0 Å². The number of hydrogen-bond donors (Lipinski definition) is 1. The Balaban J connectivity index is 2.34. The van der Waals surface area contributed by atoms with Gasteiger partial charge < -0.3 is 15.4 Å². The summed E-state index contributed by atoms with van der Waals surface area (Å²) in [6.07, 6.45) is -3.19. The van der Waals surface area contributed by atoms with E-state index in [1.807, 2.05) is 0 Å². The van der Waals surface area contributed by atoms with E-state index in [-0.39, 0.29) is 6.04 Å². The first-order valence-corrected chi connectivity index (χ1v) is 4.30. The average molecular weight is 238 g/mol. The SMILES string of the molecule is NC1CN(C=CC(=O)OC(=O)C(F)(F)F)C1. The number of halogens is 3. The van der Waals surface area contributed by atoms with Crippen molar-refractivity contribution >= 4 is 11.9 Å². The maximum absolute atomic E-state index is 11.7. The fourth-order valence-corrected chi connectivity index (χ4v) is 1.02. The Kier molecular flexibility index (Phi) is 3.53. The van der Waals surface area contributed by atoms with Crippen LogP contribution < -0.4 is 5.73 Å². The summed E-state index contributed by atoms with van der Waals surface area (Å²) in [6, 6.07) is -0.00234. The van der Waals surface area contributed by atoms with Gasteiger partial charge in [-0.15, -0.1) is 0 Å². The number of rotatable bonds is 2. The van der Waals surface area contributed by atoms with Crippen molar-refractivity contribution in [2.45, 2.75) is 12.2 Å². The zero-order valence-electron chi connectivity index (χ0n) is 8.03. The van der Waals surface area contributed by atoms with E-state index in [4.69, 9.17) is 5.73 Å². The van der Waals surface area contributed by atoms with Gasteiger partial charge in [0.05, 0.1) is 0 Å². The molecule has 90 valence electrons. The fourth-order valence-electron chi connectivity index (χ4n) is 1.02. The first kappa shape index (κ1) is 12.5. The Morgan fingerprint density at radius 3 is 2.38 bits per heavy atom. The van der Waals surface area contributed by atoms with Crippen LogP contribution in [0.1, 0.15) is 0 Å². The lowest BCUT2D eigenvalue weighted by Crippen LogP contribution is -2.52. The predicted molar refractivity (Wildman–Crippen MR) is 45.8 cm³/mol. The van der Waals surface area contributed by atoms with Crippen LogP contribution in [0.4, 0.5) is 13.2 Å². The largest absolute Gasteiger partial charge is 0.491 e. The third-order valence-electron chi connectivity index (χ3n) is 1.78. The second-order valence-electron chi connectivity index (χ2n) is 3.24. The number of carbonyl (C=O) groups excluding carboxylic acids is 2. The van der Waals surface area contributed by atoms with E-state index in [9.17, 15) is 22.8 Å². The topological polar surface area (TPSA) is 72.6 Å². The van der Waals surface area contributed by atoms with Gasteiger partial charge in [-0.1, -0.05) is 0 Å². The highest BCUT2D eigenvalue weighted by molar-refractivity contribution is 5.93. The summed E-state index contributed by atoms with van der Waals surface area (Å²) in [4.78, 5) is 22.6. The van der Waals surface area contributed by atoms with Crippen LogP contribution in [0.5, 0.6) is 0 Å². The van der Waals surface area contributed by atoms with E-state index >= 15 is 0 Å². The summed E-state index contributed by atoms with van der Waals surface area (Å²) in [5, 5.41) is 0. The molecular weight excluding hydrogens is 229 g/mol. The number of nitrogens with zero attached hydrogens (tertiary/aromatic N) is 1. The van der Waals surface area contributed by atoms with Crippen molar-refractivity contribution in [1.82, 2.24) is 4.90 Å². The van der Waals surface area contributed by atoms with Crippen LogP contribution in [0.2, 0.25) is 0 Å². The Labute approximate surface area is 88.6 Å². The first-order chi connectivity index (χ1) is 7.29. The molecule has 1 aliphatic heterocycles. The molecule has 1 fully saturated rings. The number of hydrogen-bond acceptors (Lipinski definition) is 5. The molecule has 0 bridgehead atoms. The van der Waals surface area contributed by atoms with E-state index in [0.29, 0.717) is 13.1 Å². The Bertz CT molecular complexity index is 321. The molecule has 5 nitrogen and oxygen atoms in total. The maximum Gasteiger partial charge on any atom is 0.491 e. The van der Waals surface area contributed by atoms with Gasteiger partial charge in [0.15, 0.2) is 0 Å². The zero-order chi connectivity index (χ0) is 12.3. The average Bonchev–Trinajstić information content (AvgIpc) is 2.08. The molecule has 0 aromatic carbocycles. The standard InChI is InChI=1S/C8H9F3N2O3/c9-8(10,11)7(15)16-6(14)1-2-13-3-5(12)4-13/h1-2,5H,3-4,12H2. The van der Waals surface area contributed by atoms with Gasteiger partial charge in [-0.3, -0.25) is 0 Å². The van der Waals surface area contributed by atoms with Crippen molar-refractivity contribution in [1.29, 1.82) is 0 Å². The minimum absolute atomic E-state index is 0.00234. The second-order valence-corrected chi connectivity index (χ2v) is 3.24. The van der Waals surface area contributed by atoms with E-state index in [0.717, 1.165) is 6.08 Å². The summed E-state index contributed by atoms with van der Waals surface area (Å²) < 4.78 is 38.5. The van der Waals surface area contributed by atoms with Crippen LogP contribution in [0.25, 0.3) is 0 Å². The lowest BCUT2D eigenvalue weighted by Gasteiger charge is -2.35. The summed E-state index contributed by atoms with van der Waals surface area (Å²) >= 11 is 0. The van der Waals surface area contributed by atoms with Gasteiger partial charge >= 0.3 is 18.1 Å². The fraction of sp³-hybridized carbons (Fsp3) is 0.500. The van der Waals surface area contributed by atoms with E-state index in [1.165, 1.54) is 6.20 Å². The smallest absolute Gasteiger partial charge is 0.383 e. The van der Waals surface area contributed by atoms with Crippen LogP contribution in [0, 0.1) is 0 Å². The van der Waals surface area contributed by atoms with E-state index in [1.54, 1.807) is 4.90 Å². The molecule has 1 saturated heterocycles. The summed E-state index contributed by atoms with van der Waals surface area (Å²) in [5.41, 5.74) is 5.42. The third kappa shape index (κ3) is 3.54. The molecule has 1 heterocycles. The van der Waals surface area contributed by atoms with Crippen molar-refractivity contribution < 1.29 is 27.5 Å². The van der Waals surface area contributed by atoms with Crippen molar-refractivity contribution in [3.05, 3.63) is 12.3 Å². The monoisotopic (exact) mass is 238 g/mol. The van der Waals surface area contributed by atoms with Crippen molar-refractivity contribution in [2.24, 2.45) is 5.73 Å². The van der Waals surface area contributed by atoms with Gasteiger partial charge in [0.1, 0.15) is 0 Å². The van der Waals surface area contributed by atoms with Gasteiger partial charge in [-0.25, -0.2) is 9.59 Å². The van der Waals surface area contributed by atoms with Crippen LogP contribution in [0.3, 0.4) is 0 Å². The molecule has 0 aromatic heterocycles. The molecule has 0 radical (unpaired) electrons. The lowest BCUT2D eigenvalue weighted by atomic mass is 10.1. The number of carbonyl (C=O) groups is 2. The highest BCUT2D eigenvalue weighted by Crippen LogP contribution is 2.16. The molecule has 1 rings (SSSR count). The summed E-state index contributed by atoms with van der Waals surface area (Å²) in [5.74, 6) is -3.88. The summed E-state index contributed by atoms with van der Waals surface area (Å²) in [6.45, 7) is 1.02. The molecule has 16 heavy (non-hydrogen) atoms. The highest BCUT2D eigenvalue weighted by Gasteiger charge is 2.42. The molecule has 0 aliphatic carbocycles. The molecule has 0 unspecified atom stereocenters. The molecule has 0 saturated carbocycles. The normalized spacial score (nSPS) is 17.4. The van der Waals surface area contributed by atoms with Crippen molar-refractivity contribution in [3.8, 4) is 0 Å². The molecule has 8 heteroatoms. The minimum Gasteiger partial charge on any atom is -0.383 e. The third-order valence-corrected chi connectivity index (χ3v) is 1.78. The van der Waals surface area contributed by atoms with Gasteiger partial charge in [0.2, 0.25) is 0 Å². The van der Waals surface area contributed by atoms with Crippen molar-refractivity contribution in [2.75, 3.05) is 13.1 Å². The summed E-state index contributed by atoms with van der Waals surface area (Å²) in [7, 11) is 0. The number of nitrogens with two attached hydrogens (primary N) is 1. The van der Waals surface area contributed by atoms with Gasteiger partial charge in [0.25, 0.3) is 0 Å². The van der Waals surface area contributed by atoms with Gasteiger partial charge in [-0.05, 0) is 0 Å². The molecule has 0 spiro atoms. The molecule has 0 atom stereocenters. The molecular formula is C8H9F3N2O3. The number of ether oxygens (including phenoxy) is 1. The Morgan fingerprint density at radius 2 is 1.94 bits per heavy atom. The first-order valence-electron chi connectivity index (χ1n) is 4.30. The van der Waals surface area contributed by atoms with E-state index < -0.39 is 18.1 Å². The van der Waals surface area contributed by atoms with Crippen LogP contribution in [-0.4, -0.2) is 42.1 Å². The van der Waals surface area contributed by atoms with Gasteiger partial charge in [0, 0.05) is 31.4 Å². The molecule has 0 aromatic rings. The zero-order valence-corrected chi connectivity index (χ0v) is 8.03. The van der Waals surface area contributed by atoms with Crippen LogP contribution in [-0.2, 0) is 14.3 Å². The second kappa shape index (κ2) is 4.52. The quantitative estimate of drug-likeness (QED) is 0.409. The molecule has 0 amide bonds. The predicted octanol–water partition coefficient (Wildman–Crippen LogP) is -0.225. The number of esters is 2. The van der Waals surface area contributed by atoms with Crippen molar-refractivity contribution in [3.63, 3.8) is 0 Å². The van der Waals surface area contributed by atoms with Crippen LogP contribution in [0.15, 0.2) is 12.3 Å². The highest BCUT2D eigenvalue weighted by atomic mass is 19.4. The maximum atomic E-state index is 11.7. The Hall–Kier alpha value is -1.57. The minimum atomic E-state index is -5.16. The molecule has 1 aliphatic rings. The Morgan fingerprint density at radius 1 is 1.38 bits per heavy atom. The lowest BCUT2D eigenvalue weighted by molar-refractivity contribution is -0.200. The number of alkyl halides is 3. The van der Waals surface area contributed by atoms with Gasteiger partial charge in [-0.2, -0.15) is 13.2 Å². The molecule has 2 N–H and O–H groups in total. The van der Waals surface area contributed by atoms with E-state index in [2.05, 4.69) is 4.74 Å².